The number of nitrogens with zero attached hydrogens (tertiary/aromatic N) is 2. The second kappa shape index (κ2) is 5.11. The van der Waals surface area contributed by atoms with Gasteiger partial charge in [-0.3, -0.25) is 5.10 Å². The Morgan fingerprint density at radius 2 is 2.21 bits per heavy atom. The molecule has 19 heavy (non-hydrogen) atoms. The molecule has 2 aliphatic rings. The van der Waals surface area contributed by atoms with Crippen LogP contribution < -0.4 is 5.73 Å². The Hall–Kier alpha value is -1.72. The molecule has 1 aromatic heterocycles. The number of likely N-dealkylation sites (tertiary alicyclic amines) is 1. The summed E-state index contributed by atoms with van der Waals surface area (Å²) in [5.41, 5.74) is 6.66. The van der Waals surface area contributed by atoms with Gasteiger partial charge in [0, 0.05) is 30.8 Å². The maximum Gasteiger partial charge on any atom is 0.410 e. The van der Waals surface area contributed by atoms with Crippen LogP contribution in [0.1, 0.15) is 43.7 Å². The quantitative estimate of drug-likeness (QED) is 0.854. The summed E-state index contributed by atoms with van der Waals surface area (Å²) >= 11 is 0. The van der Waals surface area contributed by atoms with Crippen molar-refractivity contribution in [2.45, 2.75) is 44.1 Å². The number of hydrogen-bond donors (Lipinski definition) is 2. The van der Waals surface area contributed by atoms with E-state index in [4.69, 9.17) is 10.5 Å². The molecule has 0 aromatic carbocycles. The van der Waals surface area contributed by atoms with E-state index in [0.29, 0.717) is 11.7 Å². The lowest BCUT2D eigenvalue weighted by atomic mass is 10.0. The van der Waals surface area contributed by atoms with Gasteiger partial charge in [0.1, 0.15) is 11.9 Å². The minimum absolute atomic E-state index is 0.0302. The van der Waals surface area contributed by atoms with Gasteiger partial charge in [0.05, 0.1) is 0 Å². The van der Waals surface area contributed by atoms with E-state index in [0.717, 1.165) is 50.9 Å². The summed E-state index contributed by atoms with van der Waals surface area (Å²) in [7, 11) is 0. The van der Waals surface area contributed by atoms with E-state index in [1.807, 2.05) is 11.0 Å². The number of aromatic amines is 1. The molecule has 0 spiro atoms. The first-order valence-electron chi connectivity index (χ1n) is 6.98. The number of anilines is 1. The van der Waals surface area contributed by atoms with Crippen LogP contribution in [0.2, 0.25) is 0 Å². The molecule has 6 nitrogen and oxygen atoms in total. The molecule has 1 saturated carbocycles. The number of amides is 1. The molecule has 2 heterocycles. The summed E-state index contributed by atoms with van der Waals surface area (Å²) in [5, 5.41) is 6.90. The predicted molar refractivity (Wildman–Crippen MR) is 70.7 cm³/mol. The second-order valence-electron chi connectivity index (χ2n) is 5.46. The van der Waals surface area contributed by atoms with E-state index in [-0.39, 0.29) is 12.2 Å². The van der Waals surface area contributed by atoms with E-state index >= 15 is 0 Å². The van der Waals surface area contributed by atoms with Gasteiger partial charge in [-0.05, 0) is 32.1 Å². The molecule has 1 aliphatic heterocycles. The third-order valence-electron chi connectivity index (χ3n) is 4.07. The highest BCUT2D eigenvalue weighted by Gasteiger charge is 2.31. The first-order valence-corrected chi connectivity index (χ1v) is 6.98. The molecule has 0 unspecified atom stereocenters. The van der Waals surface area contributed by atoms with Gasteiger partial charge in [-0.2, -0.15) is 5.10 Å². The zero-order valence-electron chi connectivity index (χ0n) is 11.0. The highest BCUT2D eigenvalue weighted by Crippen LogP contribution is 2.35. The smallest absolute Gasteiger partial charge is 0.410 e. The highest BCUT2D eigenvalue weighted by atomic mass is 16.6. The number of aromatic nitrogens is 2. The van der Waals surface area contributed by atoms with Crippen molar-refractivity contribution in [2.75, 3.05) is 18.8 Å². The van der Waals surface area contributed by atoms with Crippen molar-refractivity contribution in [3.05, 3.63) is 11.8 Å². The Labute approximate surface area is 112 Å². The average Bonchev–Trinajstić information content (AvgIpc) is 3.07. The van der Waals surface area contributed by atoms with Crippen molar-refractivity contribution in [1.29, 1.82) is 0 Å². The number of hydrogen-bond acceptors (Lipinski definition) is 4. The van der Waals surface area contributed by atoms with Crippen LogP contribution in [0, 0.1) is 0 Å². The van der Waals surface area contributed by atoms with Gasteiger partial charge in [0.2, 0.25) is 0 Å². The number of rotatable bonds is 2. The first kappa shape index (κ1) is 12.3. The molecule has 3 N–H and O–H groups in total. The van der Waals surface area contributed by atoms with Crippen LogP contribution in [-0.2, 0) is 4.74 Å². The van der Waals surface area contributed by atoms with Gasteiger partial charge in [0.15, 0.2) is 0 Å². The number of ether oxygens (including phenoxy) is 1. The van der Waals surface area contributed by atoms with E-state index in [1.54, 1.807) is 0 Å². The van der Waals surface area contributed by atoms with Crippen molar-refractivity contribution < 1.29 is 9.53 Å². The number of nitrogens with two attached hydrogens (primary N) is 1. The summed E-state index contributed by atoms with van der Waals surface area (Å²) in [5.74, 6) is 0.897. The lowest BCUT2D eigenvalue weighted by molar-refractivity contribution is 0.0709. The molecular weight excluding hydrogens is 244 g/mol. The van der Waals surface area contributed by atoms with Crippen LogP contribution in [0.25, 0.3) is 0 Å². The minimum atomic E-state index is -0.146. The molecule has 2 atom stereocenters. The molecule has 0 radical (unpaired) electrons. The maximum atomic E-state index is 11.9. The number of H-pyrrole nitrogens is 1. The molecular formula is C13H20N4O2. The van der Waals surface area contributed by atoms with Gasteiger partial charge in [-0.25, -0.2) is 4.79 Å². The first-order chi connectivity index (χ1) is 9.22. The van der Waals surface area contributed by atoms with Gasteiger partial charge in [-0.1, -0.05) is 0 Å². The molecule has 3 rings (SSSR count). The Kier molecular flexibility index (Phi) is 3.31. The summed E-state index contributed by atoms with van der Waals surface area (Å²) in [4.78, 5) is 13.7. The molecule has 1 aromatic rings. The lowest BCUT2D eigenvalue weighted by Gasteiger charge is -2.19. The van der Waals surface area contributed by atoms with E-state index in [2.05, 4.69) is 10.2 Å². The third-order valence-corrected chi connectivity index (χ3v) is 4.07. The topological polar surface area (TPSA) is 84.2 Å². The fourth-order valence-electron chi connectivity index (χ4n) is 3.01. The fourth-order valence-corrected chi connectivity index (χ4v) is 3.01. The zero-order chi connectivity index (χ0) is 13.2. The number of nitrogens with one attached hydrogen (secondary N) is 1. The Bertz CT molecular complexity index is 453. The molecule has 0 bridgehead atoms. The molecule has 6 heteroatoms. The average molecular weight is 264 g/mol. The van der Waals surface area contributed by atoms with Gasteiger partial charge < -0.3 is 15.4 Å². The van der Waals surface area contributed by atoms with Gasteiger partial charge in [0.25, 0.3) is 0 Å². The van der Waals surface area contributed by atoms with Crippen LogP contribution in [0.15, 0.2) is 6.07 Å². The lowest BCUT2D eigenvalue weighted by Crippen LogP contribution is -2.31. The molecule has 1 saturated heterocycles. The Balaban J connectivity index is 1.52. The summed E-state index contributed by atoms with van der Waals surface area (Å²) in [6.07, 6.45) is 4.87. The van der Waals surface area contributed by atoms with Gasteiger partial charge in [-0.15, -0.1) is 0 Å². The molecule has 1 aliphatic carbocycles. The van der Waals surface area contributed by atoms with E-state index < -0.39 is 0 Å². The fraction of sp³-hybridized carbons (Fsp3) is 0.692. The highest BCUT2D eigenvalue weighted by molar-refractivity contribution is 5.68. The molecule has 104 valence electrons. The normalized spacial score (nSPS) is 26.8. The van der Waals surface area contributed by atoms with Crippen molar-refractivity contribution in [1.82, 2.24) is 15.1 Å². The van der Waals surface area contributed by atoms with Crippen molar-refractivity contribution in [3.63, 3.8) is 0 Å². The summed E-state index contributed by atoms with van der Waals surface area (Å²) in [6.45, 7) is 1.68. The second-order valence-corrected chi connectivity index (χ2v) is 5.46. The van der Waals surface area contributed by atoms with Gasteiger partial charge >= 0.3 is 6.09 Å². The molecule has 2 fully saturated rings. The SMILES string of the molecule is Nc1cc([C@H]2CC[C@@H](OC(=O)N3CCCC3)C2)[nH]n1. The Morgan fingerprint density at radius 3 is 2.89 bits per heavy atom. The maximum absolute atomic E-state index is 11.9. The van der Waals surface area contributed by atoms with Crippen LogP contribution in [-0.4, -0.2) is 40.4 Å². The summed E-state index contributed by atoms with van der Waals surface area (Å²) < 4.78 is 5.58. The molecule has 1 amide bonds. The Morgan fingerprint density at radius 1 is 1.42 bits per heavy atom. The number of carbonyl (C=O) groups excluding carboxylic acids is 1. The van der Waals surface area contributed by atoms with Crippen LogP contribution >= 0.6 is 0 Å². The predicted octanol–water partition coefficient (Wildman–Crippen LogP) is 1.86. The van der Waals surface area contributed by atoms with E-state index in [1.165, 1.54) is 0 Å². The summed E-state index contributed by atoms with van der Waals surface area (Å²) in [6, 6.07) is 1.87. The van der Waals surface area contributed by atoms with Crippen molar-refractivity contribution in [2.24, 2.45) is 0 Å². The third kappa shape index (κ3) is 2.67. The standard InChI is InChI=1S/C13H20N4O2/c14-12-8-11(15-16-12)9-3-4-10(7-9)19-13(18)17-5-1-2-6-17/h8-10H,1-7H2,(H3,14,15,16)/t9-,10+/m0/s1. The van der Waals surface area contributed by atoms with Crippen LogP contribution in [0.5, 0.6) is 0 Å². The van der Waals surface area contributed by atoms with Crippen molar-refractivity contribution in [3.8, 4) is 0 Å². The van der Waals surface area contributed by atoms with E-state index in [9.17, 15) is 4.79 Å². The zero-order valence-corrected chi connectivity index (χ0v) is 11.0. The van der Waals surface area contributed by atoms with Crippen molar-refractivity contribution >= 4 is 11.9 Å². The van der Waals surface area contributed by atoms with Crippen LogP contribution in [0.3, 0.4) is 0 Å². The number of carbonyl (C=O) groups is 1. The van der Waals surface area contributed by atoms with Crippen LogP contribution in [0.4, 0.5) is 10.6 Å². The largest absolute Gasteiger partial charge is 0.446 e. The monoisotopic (exact) mass is 264 g/mol. The number of nitrogen functional groups attached to an aromatic ring is 1. The minimum Gasteiger partial charge on any atom is -0.446 e.